The smallest absolute Gasteiger partial charge is 0.187 e. The highest BCUT2D eigenvalue weighted by atomic mass is 32.2. The van der Waals surface area contributed by atoms with E-state index in [4.69, 9.17) is 4.98 Å². The SMILES string of the molecule is c1ccc(-c2nc3n(n2)CC[C@@H](c2ccccc2)S3)cc1. The van der Waals surface area contributed by atoms with Crippen LogP contribution in [0.1, 0.15) is 17.2 Å². The molecule has 3 aromatic rings. The Morgan fingerprint density at radius 1 is 0.952 bits per heavy atom. The fraction of sp³-hybridized carbons (Fsp3) is 0.176. The fourth-order valence-electron chi connectivity index (χ4n) is 2.60. The minimum Gasteiger partial charge on any atom is -0.240 e. The summed E-state index contributed by atoms with van der Waals surface area (Å²) in [7, 11) is 0. The third-order valence-electron chi connectivity index (χ3n) is 3.69. The van der Waals surface area contributed by atoms with E-state index in [1.165, 1.54) is 5.56 Å². The van der Waals surface area contributed by atoms with Crippen LogP contribution in [0, 0.1) is 0 Å². The van der Waals surface area contributed by atoms with E-state index in [-0.39, 0.29) is 0 Å². The van der Waals surface area contributed by atoms with Crippen LogP contribution in [0.25, 0.3) is 11.4 Å². The van der Waals surface area contributed by atoms with Crippen LogP contribution in [-0.2, 0) is 6.54 Å². The van der Waals surface area contributed by atoms with E-state index >= 15 is 0 Å². The number of thioether (sulfide) groups is 1. The van der Waals surface area contributed by atoms with Crippen LogP contribution in [0.15, 0.2) is 65.8 Å². The molecular weight excluding hydrogens is 278 g/mol. The van der Waals surface area contributed by atoms with Crippen molar-refractivity contribution >= 4 is 11.8 Å². The lowest BCUT2D eigenvalue weighted by molar-refractivity contribution is 0.510. The highest BCUT2D eigenvalue weighted by Crippen LogP contribution is 2.41. The summed E-state index contributed by atoms with van der Waals surface area (Å²) in [4.78, 5) is 4.71. The minimum absolute atomic E-state index is 0.478. The number of fused-ring (bicyclic) bond motifs is 1. The molecule has 0 bridgehead atoms. The summed E-state index contributed by atoms with van der Waals surface area (Å²) in [6.45, 7) is 0.932. The van der Waals surface area contributed by atoms with Crippen molar-refractivity contribution in [2.45, 2.75) is 23.4 Å². The van der Waals surface area contributed by atoms with Crippen molar-refractivity contribution in [1.29, 1.82) is 0 Å². The monoisotopic (exact) mass is 293 g/mol. The summed E-state index contributed by atoms with van der Waals surface area (Å²) >= 11 is 1.81. The molecule has 3 nitrogen and oxygen atoms in total. The quantitative estimate of drug-likeness (QED) is 0.710. The van der Waals surface area contributed by atoms with Crippen molar-refractivity contribution in [3.05, 3.63) is 66.2 Å². The molecule has 0 unspecified atom stereocenters. The molecule has 1 aliphatic heterocycles. The summed E-state index contributed by atoms with van der Waals surface area (Å²) in [5, 5.41) is 6.13. The number of rotatable bonds is 2. The maximum absolute atomic E-state index is 4.71. The van der Waals surface area contributed by atoms with Gasteiger partial charge in [0.15, 0.2) is 11.0 Å². The van der Waals surface area contributed by atoms with Crippen molar-refractivity contribution in [3.8, 4) is 11.4 Å². The summed E-state index contributed by atoms with van der Waals surface area (Å²) in [6, 6.07) is 20.8. The van der Waals surface area contributed by atoms with Gasteiger partial charge in [-0.25, -0.2) is 9.67 Å². The van der Waals surface area contributed by atoms with Crippen LogP contribution in [0.3, 0.4) is 0 Å². The Bertz CT molecular complexity index is 737. The third kappa shape index (κ3) is 2.47. The number of aryl methyl sites for hydroxylation is 1. The zero-order valence-corrected chi connectivity index (χ0v) is 12.3. The molecule has 2 aromatic carbocycles. The number of benzene rings is 2. The second-order valence-electron chi connectivity index (χ2n) is 5.11. The van der Waals surface area contributed by atoms with Crippen LogP contribution >= 0.6 is 11.8 Å². The molecule has 2 heterocycles. The van der Waals surface area contributed by atoms with Gasteiger partial charge in [-0.3, -0.25) is 0 Å². The summed E-state index contributed by atoms with van der Waals surface area (Å²) in [5.41, 5.74) is 2.45. The molecule has 0 spiro atoms. The third-order valence-corrected chi connectivity index (χ3v) is 5.00. The molecule has 4 rings (SSSR count). The van der Waals surface area contributed by atoms with E-state index in [9.17, 15) is 0 Å². The Kier molecular flexibility index (Phi) is 3.24. The molecular formula is C17H15N3S. The minimum atomic E-state index is 0.478. The highest BCUT2D eigenvalue weighted by Gasteiger charge is 2.24. The molecule has 0 saturated heterocycles. The molecule has 0 fully saturated rings. The Balaban J connectivity index is 1.63. The molecule has 21 heavy (non-hydrogen) atoms. The number of nitrogens with zero attached hydrogens (tertiary/aromatic N) is 3. The summed E-state index contributed by atoms with van der Waals surface area (Å²) < 4.78 is 2.03. The highest BCUT2D eigenvalue weighted by molar-refractivity contribution is 7.99. The largest absolute Gasteiger partial charge is 0.240 e. The fourth-order valence-corrected chi connectivity index (χ4v) is 3.76. The van der Waals surface area contributed by atoms with Gasteiger partial charge in [0.2, 0.25) is 0 Å². The number of hydrogen-bond donors (Lipinski definition) is 0. The van der Waals surface area contributed by atoms with E-state index in [0.717, 1.165) is 29.5 Å². The number of aromatic nitrogens is 3. The van der Waals surface area contributed by atoms with Gasteiger partial charge in [-0.2, -0.15) is 0 Å². The van der Waals surface area contributed by atoms with Crippen molar-refractivity contribution in [2.75, 3.05) is 0 Å². The molecule has 0 radical (unpaired) electrons. The van der Waals surface area contributed by atoms with E-state index in [1.807, 2.05) is 34.6 Å². The van der Waals surface area contributed by atoms with Gasteiger partial charge in [-0.15, -0.1) is 5.10 Å². The first-order chi connectivity index (χ1) is 10.4. The van der Waals surface area contributed by atoms with Gasteiger partial charge >= 0.3 is 0 Å². The van der Waals surface area contributed by atoms with Gasteiger partial charge in [0.25, 0.3) is 0 Å². The molecule has 1 atom stereocenters. The Morgan fingerprint density at radius 3 is 2.43 bits per heavy atom. The lowest BCUT2D eigenvalue weighted by Gasteiger charge is -2.21. The molecule has 0 N–H and O–H groups in total. The van der Waals surface area contributed by atoms with Gasteiger partial charge in [0.1, 0.15) is 0 Å². The molecule has 104 valence electrons. The second-order valence-corrected chi connectivity index (χ2v) is 6.28. The number of hydrogen-bond acceptors (Lipinski definition) is 3. The lowest BCUT2D eigenvalue weighted by atomic mass is 10.1. The molecule has 0 aliphatic carbocycles. The zero-order valence-electron chi connectivity index (χ0n) is 11.5. The van der Waals surface area contributed by atoms with Crippen LogP contribution in [0.4, 0.5) is 0 Å². The maximum Gasteiger partial charge on any atom is 0.187 e. The summed E-state index contributed by atoms with van der Waals surface area (Å²) in [6.07, 6.45) is 1.10. The average Bonchev–Trinajstić information content (AvgIpc) is 2.99. The Hall–Kier alpha value is -2.07. The lowest BCUT2D eigenvalue weighted by Crippen LogP contribution is -2.11. The first kappa shape index (κ1) is 12.7. The van der Waals surface area contributed by atoms with Gasteiger partial charge in [0.05, 0.1) is 0 Å². The summed E-state index contributed by atoms with van der Waals surface area (Å²) in [5.74, 6) is 0.826. The predicted molar refractivity (Wildman–Crippen MR) is 85.1 cm³/mol. The molecule has 1 aliphatic rings. The molecule has 0 saturated carbocycles. The van der Waals surface area contributed by atoms with Crippen molar-refractivity contribution in [3.63, 3.8) is 0 Å². The zero-order chi connectivity index (χ0) is 14.1. The Labute approximate surface area is 128 Å². The van der Waals surface area contributed by atoms with Crippen LogP contribution in [-0.4, -0.2) is 14.8 Å². The maximum atomic E-state index is 4.71. The predicted octanol–water partition coefficient (Wildman–Crippen LogP) is 4.18. The van der Waals surface area contributed by atoms with E-state index < -0.39 is 0 Å². The van der Waals surface area contributed by atoms with Crippen molar-refractivity contribution in [2.24, 2.45) is 0 Å². The first-order valence-corrected chi connectivity index (χ1v) is 8.00. The second kappa shape index (κ2) is 5.37. The first-order valence-electron chi connectivity index (χ1n) is 7.12. The molecule has 4 heteroatoms. The van der Waals surface area contributed by atoms with Gasteiger partial charge in [0, 0.05) is 17.4 Å². The topological polar surface area (TPSA) is 30.7 Å². The normalized spacial score (nSPS) is 17.4. The van der Waals surface area contributed by atoms with Crippen LogP contribution < -0.4 is 0 Å². The van der Waals surface area contributed by atoms with E-state index in [2.05, 4.69) is 47.6 Å². The van der Waals surface area contributed by atoms with E-state index in [0.29, 0.717) is 5.25 Å². The van der Waals surface area contributed by atoms with Gasteiger partial charge < -0.3 is 0 Å². The standard InChI is InChI=1S/C17H15N3S/c1-3-7-13(8-4-1)15-11-12-20-17(21-15)18-16(19-20)14-9-5-2-6-10-14/h1-10,15H,11-12H2/t15-/m0/s1. The van der Waals surface area contributed by atoms with Gasteiger partial charge in [-0.05, 0) is 12.0 Å². The molecule has 1 aromatic heterocycles. The van der Waals surface area contributed by atoms with Crippen molar-refractivity contribution in [1.82, 2.24) is 14.8 Å². The van der Waals surface area contributed by atoms with E-state index in [1.54, 1.807) is 0 Å². The molecule has 0 amide bonds. The van der Waals surface area contributed by atoms with Gasteiger partial charge in [-0.1, -0.05) is 72.4 Å². The van der Waals surface area contributed by atoms with Crippen molar-refractivity contribution < 1.29 is 0 Å². The average molecular weight is 293 g/mol. The van der Waals surface area contributed by atoms with Crippen LogP contribution in [0.5, 0.6) is 0 Å². The Morgan fingerprint density at radius 2 is 1.67 bits per heavy atom. The van der Waals surface area contributed by atoms with Crippen LogP contribution in [0.2, 0.25) is 0 Å².